The van der Waals surface area contributed by atoms with E-state index in [0.717, 1.165) is 0 Å². The van der Waals surface area contributed by atoms with E-state index in [1.54, 1.807) is 29.2 Å². The lowest BCUT2D eigenvalue weighted by molar-refractivity contribution is -0.137. The summed E-state index contributed by atoms with van der Waals surface area (Å²) in [5, 5.41) is 7.21. The van der Waals surface area contributed by atoms with Gasteiger partial charge in [-0.1, -0.05) is 23.4 Å². The molecule has 2 aromatic carbocycles. The number of amides is 1. The van der Waals surface area contributed by atoms with Crippen molar-refractivity contribution < 1.29 is 18.4 Å². The molecule has 2 heterocycles. The second-order valence-electron chi connectivity index (χ2n) is 6.37. The van der Waals surface area contributed by atoms with E-state index < -0.39 is 0 Å². The minimum Gasteiger partial charge on any atom is -0.484 e. The zero-order chi connectivity index (χ0) is 19.3. The number of carbonyl (C=O) groups excluding carboxylic acids is 1. The number of nitrogens with one attached hydrogen (secondary N) is 1. The van der Waals surface area contributed by atoms with Gasteiger partial charge in [-0.15, -0.1) is 0 Å². The van der Waals surface area contributed by atoms with Gasteiger partial charge in [0.1, 0.15) is 17.6 Å². The van der Waals surface area contributed by atoms with Crippen molar-refractivity contribution in [3.63, 3.8) is 0 Å². The second-order valence-corrected chi connectivity index (χ2v) is 6.37. The van der Waals surface area contributed by atoms with Crippen LogP contribution in [0.4, 0.5) is 4.39 Å². The van der Waals surface area contributed by atoms with E-state index in [9.17, 15) is 9.18 Å². The Bertz CT molecular complexity index is 930. The molecule has 0 saturated carbocycles. The molecule has 144 valence electrons. The Kier molecular flexibility index (Phi) is 5.29. The highest BCUT2D eigenvalue weighted by Gasteiger charge is 2.32. The number of benzene rings is 2. The number of halogens is 1. The van der Waals surface area contributed by atoms with Gasteiger partial charge in [-0.25, -0.2) is 4.39 Å². The number of hydrogen-bond acceptors (Lipinski definition) is 6. The van der Waals surface area contributed by atoms with Crippen LogP contribution in [0.3, 0.4) is 0 Å². The Hall–Kier alpha value is -3.26. The Labute approximate surface area is 161 Å². The van der Waals surface area contributed by atoms with Gasteiger partial charge in [-0.05, 0) is 36.4 Å². The first-order valence-electron chi connectivity index (χ1n) is 8.98. The molecule has 1 aromatic heterocycles. The minimum absolute atomic E-state index is 0.0700. The monoisotopic (exact) mass is 382 g/mol. The average Bonchev–Trinajstić information content (AvgIpc) is 3.23. The van der Waals surface area contributed by atoms with Gasteiger partial charge in [0, 0.05) is 25.2 Å². The van der Waals surface area contributed by atoms with Gasteiger partial charge < -0.3 is 19.5 Å². The number of aromatic nitrogens is 2. The fourth-order valence-corrected chi connectivity index (χ4v) is 3.05. The van der Waals surface area contributed by atoms with Crippen molar-refractivity contribution in [1.29, 1.82) is 0 Å². The fraction of sp³-hybridized carbons (Fsp3) is 0.250. The highest BCUT2D eigenvalue weighted by Crippen LogP contribution is 2.24. The summed E-state index contributed by atoms with van der Waals surface area (Å²) in [6, 6.07) is 14.6. The van der Waals surface area contributed by atoms with Gasteiger partial charge in [0.2, 0.25) is 5.82 Å². The standard InChI is InChI=1S/C20H19FN4O3/c21-15-8-6-14(7-9-15)19-23-20(28-24-19)17-12-22-10-11-25(17)18(26)13-27-16-4-2-1-3-5-16/h1-9,17,22H,10-13H2/t17-/m1/s1. The van der Waals surface area contributed by atoms with Crippen molar-refractivity contribution >= 4 is 5.91 Å². The predicted molar refractivity (Wildman–Crippen MR) is 99.0 cm³/mol. The third-order valence-corrected chi connectivity index (χ3v) is 4.50. The molecule has 1 fully saturated rings. The van der Waals surface area contributed by atoms with Crippen LogP contribution in [-0.4, -0.2) is 47.2 Å². The summed E-state index contributed by atoms with van der Waals surface area (Å²) in [5.41, 5.74) is 0.644. The van der Waals surface area contributed by atoms with E-state index in [0.29, 0.717) is 42.7 Å². The van der Waals surface area contributed by atoms with Gasteiger partial charge in [-0.2, -0.15) is 4.98 Å². The third-order valence-electron chi connectivity index (χ3n) is 4.50. The first-order chi connectivity index (χ1) is 13.7. The summed E-state index contributed by atoms with van der Waals surface area (Å²) in [6.07, 6.45) is 0. The summed E-state index contributed by atoms with van der Waals surface area (Å²) in [4.78, 5) is 18.8. The summed E-state index contributed by atoms with van der Waals surface area (Å²) in [5.74, 6) is 0.836. The van der Waals surface area contributed by atoms with Crippen LogP contribution in [0.25, 0.3) is 11.4 Å². The van der Waals surface area contributed by atoms with Crippen molar-refractivity contribution in [2.75, 3.05) is 26.2 Å². The maximum Gasteiger partial charge on any atom is 0.261 e. The van der Waals surface area contributed by atoms with Crippen LogP contribution in [0, 0.1) is 5.82 Å². The molecule has 1 saturated heterocycles. The summed E-state index contributed by atoms with van der Waals surface area (Å²) < 4.78 is 24.1. The van der Waals surface area contributed by atoms with E-state index in [1.807, 2.05) is 18.2 Å². The molecule has 0 aliphatic carbocycles. The van der Waals surface area contributed by atoms with Gasteiger partial charge in [0.15, 0.2) is 6.61 Å². The average molecular weight is 382 g/mol. The van der Waals surface area contributed by atoms with E-state index in [4.69, 9.17) is 9.26 Å². The Morgan fingerprint density at radius 1 is 1.21 bits per heavy atom. The first-order valence-corrected chi connectivity index (χ1v) is 8.98. The minimum atomic E-state index is -0.387. The molecule has 8 heteroatoms. The quantitative estimate of drug-likeness (QED) is 0.730. The number of nitrogens with zero attached hydrogens (tertiary/aromatic N) is 3. The van der Waals surface area contributed by atoms with Crippen molar-refractivity contribution in [3.05, 3.63) is 66.3 Å². The number of hydrogen-bond donors (Lipinski definition) is 1. The molecule has 1 aliphatic heterocycles. The van der Waals surface area contributed by atoms with Crippen LogP contribution in [0.15, 0.2) is 59.1 Å². The van der Waals surface area contributed by atoms with E-state index in [2.05, 4.69) is 15.5 Å². The molecule has 0 spiro atoms. The van der Waals surface area contributed by atoms with Crippen molar-refractivity contribution in [3.8, 4) is 17.1 Å². The predicted octanol–water partition coefficient (Wildman–Crippen LogP) is 2.43. The topological polar surface area (TPSA) is 80.5 Å². The van der Waals surface area contributed by atoms with Crippen LogP contribution in [0.1, 0.15) is 11.9 Å². The molecule has 1 amide bonds. The zero-order valence-corrected chi connectivity index (χ0v) is 15.0. The second kappa shape index (κ2) is 8.18. The van der Waals surface area contributed by atoms with Gasteiger partial charge >= 0.3 is 0 Å². The van der Waals surface area contributed by atoms with Gasteiger partial charge in [-0.3, -0.25) is 4.79 Å². The normalized spacial score (nSPS) is 16.8. The number of rotatable bonds is 5. The number of piperazine rings is 1. The highest BCUT2D eigenvalue weighted by atomic mass is 19.1. The number of carbonyl (C=O) groups is 1. The first kappa shape index (κ1) is 18.1. The molecule has 1 atom stereocenters. The van der Waals surface area contributed by atoms with Crippen LogP contribution in [0.5, 0.6) is 5.75 Å². The Morgan fingerprint density at radius 2 is 2.00 bits per heavy atom. The molecule has 3 aromatic rings. The largest absolute Gasteiger partial charge is 0.484 e. The molecule has 28 heavy (non-hydrogen) atoms. The van der Waals surface area contributed by atoms with Crippen LogP contribution in [-0.2, 0) is 4.79 Å². The summed E-state index contributed by atoms with van der Waals surface area (Å²) in [6.45, 7) is 1.62. The molecular weight excluding hydrogens is 363 g/mol. The fourth-order valence-electron chi connectivity index (χ4n) is 3.05. The van der Waals surface area contributed by atoms with Crippen molar-refractivity contribution in [2.24, 2.45) is 0 Å². The smallest absolute Gasteiger partial charge is 0.261 e. The lowest BCUT2D eigenvalue weighted by Crippen LogP contribution is -2.50. The SMILES string of the molecule is O=C(COc1ccccc1)N1CCNC[C@@H]1c1nc(-c2ccc(F)cc2)no1. The zero-order valence-electron chi connectivity index (χ0n) is 15.0. The molecule has 0 bridgehead atoms. The molecule has 1 aliphatic rings. The molecular formula is C20H19FN4O3. The Balaban J connectivity index is 1.47. The van der Waals surface area contributed by atoms with Gasteiger partial charge in [0.05, 0.1) is 0 Å². The molecule has 7 nitrogen and oxygen atoms in total. The summed E-state index contributed by atoms with van der Waals surface area (Å²) in [7, 11) is 0. The molecule has 1 N–H and O–H groups in total. The van der Waals surface area contributed by atoms with Crippen LogP contribution >= 0.6 is 0 Å². The van der Waals surface area contributed by atoms with Crippen molar-refractivity contribution in [1.82, 2.24) is 20.4 Å². The summed E-state index contributed by atoms with van der Waals surface area (Å²) >= 11 is 0. The lowest BCUT2D eigenvalue weighted by Gasteiger charge is -2.33. The van der Waals surface area contributed by atoms with E-state index in [1.165, 1.54) is 12.1 Å². The molecule has 0 radical (unpaired) electrons. The molecule has 0 unspecified atom stereocenters. The number of para-hydroxylation sites is 1. The van der Waals surface area contributed by atoms with Gasteiger partial charge in [0.25, 0.3) is 11.8 Å². The van der Waals surface area contributed by atoms with E-state index >= 15 is 0 Å². The molecule has 4 rings (SSSR count). The van der Waals surface area contributed by atoms with Crippen molar-refractivity contribution in [2.45, 2.75) is 6.04 Å². The highest BCUT2D eigenvalue weighted by molar-refractivity contribution is 5.78. The van der Waals surface area contributed by atoms with Crippen LogP contribution < -0.4 is 10.1 Å². The maximum absolute atomic E-state index is 13.1. The third kappa shape index (κ3) is 4.01. The number of ether oxygens (including phenoxy) is 1. The lowest BCUT2D eigenvalue weighted by atomic mass is 10.2. The Morgan fingerprint density at radius 3 is 2.79 bits per heavy atom. The van der Waals surface area contributed by atoms with Crippen LogP contribution in [0.2, 0.25) is 0 Å². The van der Waals surface area contributed by atoms with E-state index in [-0.39, 0.29) is 24.4 Å². The maximum atomic E-state index is 13.1.